The molecule has 1 amide bonds. The van der Waals surface area contributed by atoms with E-state index in [9.17, 15) is 9.59 Å². The summed E-state index contributed by atoms with van der Waals surface area (Å²) in [4.78, 5) is 24.3. The Hall–Kier alpha value is -1.40. The topological polar surface area (TPSA) is 81.4 Å². The summed E-state index contributed by atoms with van der Waals surface area (Å²) in [6, 6.07) is 1.13. The summed E-state index contributed by atoms with van der Waals surface area (Å²) in [5.41, 5.74) is 5.88. The van der Waals surface area contributed by atoms with Crippen LogP contribution in [0.25, 0.3) is 0 Å². The fraction of sp³-hybridized carbons (Fsp3) is 0.500. The van der Waals surface area contributed by atoms with Crippen molar-refractivity contribution in [1.29, 1.82) is 0 Å². The molecule has 0 aliphatic carbocycles. The molecule has 1 aromatic heterocycles. The van der Waals surface area contributed by atoms with E-state index < -0.39 is 12.0 Å². The molecule has 1 atom stereocenters. The number of esters is 1. The number of carbonyl (C=O) groups is 2. The van der Waals surface area contributed by atoms with Gasteiger partial charge in [0.05, 0.1) is 18.2 Å². The van der Waals surface area contributed by atoms with Crippen molar-refractivity contribution < 1.29 is 14.3 Å². The van der Waals surface area contributed by atoms with Crippen LogP contribution in [0, 0.1) is 0 Å². The van der Waals surface area contributed by atoms with Gasteiger partial charge < -0.3 is 15.8 Å². The van der Waals surface area contributed by atoms with Gasteiger partial charge in [-0.2, -0.15) is 0 Å². The monoisotopic (exact) mass is 270 g/mol. The molecule has 0 spiro atoms. The molecule has 0 aliphatic rings. The minimum absolute atomic E-state index is 0.302. The van der Waals surface area contributed by atoms with Crippen LogP contribution in [0.1, 0.15) is 36.0 Å². The van der Waals surface area contributed by atoms with Crippen LogP contribution in [0.15, 0.2) is 6.07 Å². The van der Waals surface area contributed by atoms with E-state index >= 15 is 0 Å². The Morgan fingerprint density at radius 2 is 2.17 bits per heavy atom. The lowest BCUT2D eigenvalue weighted by atomic mass is 10.2. The van der Waals surface area contributed by atoms with Gasteiger partial charge in [0.2, 0.25) is 5.91 Å². The van der Waals surface area contributed by atoms with E-state index in [-0.39, 0.29) is 5.91 Å². The average Bonchev–Trinajstić information content (AvgIpc) is 2.72. The zero-order valence-corrected chi connectivity index (χ0v) is 11.6. The second kappa shape index (κ2) is 6.51. The van der Waals surface area contributed by atoms with Crippen molar-refractivity contribution in [3.8, 4) is 0 Å². The van der Waals surface area contributed by atoms with E-state index in [4.69, 9.17) is 10.5 Å². The highest BCUT2D eigenvalue weighted by Crippen LogP contribution is 2.29. The highest BCUT2D eigenvalue weighted by atomic mass is 32.1. The number of nitrogens with two attached hydrogens (primary N) is 1. The molecule has 0 saturated heterocycles. The first-order valence-corrected chi connectivity index (χ1v) is 6.67. The van der Waals surface area contributed by atoms with Crippen LogP contribution in [0.5, 0.6) is 0 Å². The lowest BCUT2D eigenvalue weighted by Gasteiger charge is -2.07. The lowest BCUT2D eigenvalue weighted by Crippen LogP contribution is -2.32. The number of hydrogen-bond acceptors (Lipinski definition) is 5. The smallest absolute Gasteiger partial charge is 0.341 e. The van der Waals surface area contributed by atoms with Crippen molar-refractivity contribution in [2.24, 2.45) is 5.73 Å². The fourth-order valence-electron chi connectivity index (χ4n) is 1.30. The Labute approximate surface area is 110 Å². The molecule has 0 fully saturated rings. The van der Waals surface area contributed by atoms with Crippen molar-refractivity contribution in [3.05, 3.63) is 16.5 Å². The Morgan fingerprint density at radius 3 is 2.67 bits per heavy atom. The van der Waals surface area contributed by atoms with Gasteiger partial charge in [-0.25, -0.2) is 4.79 Å². The summed E-state index contributed by atoms with van der Waals surface area (Å²) in [6.45, 7) is 5.62. The first-order valence-electron chi connectivity index (χ1n) is 5.85. The molecule has 100 valence electrons. The van der Waals surface area contributed by atoms with Gasteiger partial charge in [0.1, 0.15) is 5.00 Å². The molecule has 18 heavy (non-hydrogen) atoms. The predicted molar refractivity (Wildman–Crippen MR) is 71.9 cm³/mol. The number of carbonyl (C=O) groups excluding carboxylic acids is 2. The average molecular weight is 270 g/mol. The zero-order valence-electron chi connectivity index (χ0n) is 10.8. The summed E-state index contributed by atoms with van der Waals surface area (Å²) in [7, 11) is 0. The van der Waals surface area contributed by atoms with Crippen LogP contribution in [0.2, 0.25) is 0 Å². The number of thiophene rings is 1. The maximum atomic E-state index is 11.7. The summed E-state index contributed by atoms with van der Waals surface area (Å²) in [5.74, 6) is -0.738. The van der Waals surface area contributed by atoms with Crippen LogP contribution in [0.3, 0.4) is 0 Å². The number of amides is 1. The summed E-state index contributed by atoms with van der Waals surface area (Å²) >= 11 is 1.37. The number of nitrogens with one attached hydrogen (secondary N) is 1. The zero-order chi connectivity index (χ0) is 13.7. The van der Waals surface area contributed by atoms with Gasteiger partial charge >= 0.3 is 5.97 Å². The number of hydrogen-bond donors (Lipinski definition) is 2. The van der Waals surface area contributed by atoms with Crippen molar-refractivity contribution >= 4 is 28.2 Å². The van der Waals surface area contributed by atoms with Crippen molar-refractivity contribution in [2.45, 2.75) is 33.2 Å². The molecule has 6 heteroatoms. The molecular weight excluding hydrogens is 252 g/mol. The van der Waals surface area contributed by atoms with Gasteiger partial charge in [0.25, 0.3) is 0 Å². The molecule has 0 radical (unpaired) electrons. The molecule has 1 heterocycles. The molecule has 0 unspecified atom stereocenters. The first-order chi connectivity index (χ1) is 8.49. The largest absolute Gasteiger partial charge is 0.462 e. The Kier molecular flexibility index (Phi) is 5.30. The van der Waals surface area contributed by atoms with Crippen LogP contribution >= 0.6 is 11.3 Å². The van der Waals surface area contributed by atoms with Crippen LogP contribution in [-0.2, 0) is 16.0 Å². The molecule has 0 aliphatic heterocycles. The fourth-order valence-corrected chi connectivity index (χ4v) is 2.28. The highest BCUT2D eigenvalue weighted by Gasteiger charge is 2.19. The van der Waals surface area contributed by atoms with Crippen LogP contribution in [-0.4, -0.2) is 24.5 Å². The predicted octanol–water partition coefficient (Wildman–Crippen LogP) is 1.77. The lowest BCUT2D eigenvalue weighted by molar-refractivity contribution is -0.117. The third-order valence-electron chi connectivity index (χ3n) is 2.28. The third kappa shape index (κ3) is 3.54. The minimum atomic E-state index is -0.618. The molecule has 1 rings (SSSR count). The van der Waals surface area contributed by atoms with Crippen molar-refractivity contribution in [2.75, 3.05) is 11.9 Å². The highest BCUT2D eigenvalue weighted by molar-refractivity contribution is 7.16. The quantitative estimate of drug-likeness (QED) is 0.799. The van der Waals surface area contributed by atoms with Crippen LogP contribution in [0.4, 0.5) is 5.00 Å². The standard InChI is InChI=1S/C12H18N2O3S/c1-4-8-6-9(12(16)17-5-2)11(18-8)14-10(15)7(3)13/h6-7H,4-5,13H2,1-3H3,(H,14,15)/t7-/m1/s1. The molecule has 1 aromatic rings. The van der Waals surface area contributed by atoms with Gasteiger partial charge in [0, 0.05) is 4.88 Å². The van der Waals surface area contributed by atoms with Crippen molar-refractivity contribution in [3.63, 3.8) is 0 Å². The summed E-state index contributed by atoms with van der Waals surface area (Å²) in [5, 5.41) is 3.16. The molecule has 0 bridgehead atoms. The Bertz CT molecular complexity index is 441. The number of anilines is 1. The molecule has 0 aromatic carbocycles. The second-order valence-electron chi connectivity index (χ2n) is 3.81. The van der Waals surface area contributed by atoms with Gasteiger partial charge in [-0.05, 0) is 26.3 Å². The Balaban J connectivity index is 2.98. The molecular formula is C12H18N2O3S. The SMILES string of the molecule is CCOC(=O)c1cc(CC)sc1NC(=O)[C@@H](C)N. The van der Waals surface area contributed by atoms with Crippen molar-refractivity contribution in [1.82, 2.24) is 0 Å². The van der Waals surface area contributed by atoms with Crippen LogP contribution < -0.4 is 11.1 Å². The van der Waals surface area contributed by atoms with Gasteiger partial charge in [-0.1, -0.05) is 6.92 Å². The number of ether oxygens (including phenoxy) is 1. The number of aryl methyl sites for hydroxylation is 1. The molecule has 0 saturated carbocycles. The number of rotatable bonds is 5. The van der Waals surface area contributed by atoms with Gasteiger partial charge in [-0.15, -0.1) is 11.3 Å². The molecule has 3 N–H and O–H groups in total. The van der Waals surface area contributed by atoms with E-state index in [1.165, 1.54) is 11.3 Å². The van der Waals surface area contributed by atoms with E-state index in [0.717, 1.165) is 11.3 Å². The van der Waals surface area contributed by atoms with E-state index in [0.29, 0.717) is 17.2 Å². The Morgan fingerprint density at radius 1 is 1.50 bits per heavy atom. The summed E-state index contributed by atoms with van der Waals surface area (Å²) < 4.78 is 4.95. The van der Waals surface area contributed by atoms with Gasteiger partial charge in [-0.3, -0.25) is 4.79 Å². The van der Waals surface area contributed by atoms with E-state index in [2.05, 4.69) is 5.32 Å². The molecule has 5 nitrogen and oxygen atoms in total. The van der Waals surface area contributed by atoms with E-state index in [1.807, 2.05) is 6.92 Å². The summed E-state index contributed by atoms with van der Waals surface area (Å²) in [6.07, 6.45) is 0.797. The maximum Gasteiger partial charge on any atom is 0.341 e. The maximum absolute atomic E-state index is 11.7. The normalized spacial score (nSPS) is 12.0. The van der Waals surface area contributed by atoms with Gasteiger partial charge in [0.15, 0.2) is 0 Å². The second-order valence-corrected chi connectivity index (χ2v) is 4.94. The minimum Gasteiger partial charge on any atom is -0.462 e. The first kappa shape index (κ1) is 14.7. The third-order valence-corrected chi connectivity index (χ3v) is 3.47. The van der Waals surface area contributed by atoms with E-state index in [1.54, 1.807) is 19.9 Å².